The monoisotopic (exact) mass is 656 g/mol. The summed E-state index contributed by atoms with van der Waals surface area (Å²) in [4.78, 5) is 47.0. The second kappa shape index (κ2) is 10.9. The molecule has 3 fully saturated rings. The zero-order chi connectivity index (χ0) is 31.7. The Labute approximate surface area is 269 Å². The van der Waals surface area contributed by atoms with Crippen LogP contribution in [-0.4, -0.2) is 44.6 Å². The quantitative estimate of drug-likeness (QED) is 0.278. The fraction of sp³-hybridized carbons (Fsp3) is 0.531. The first-order valence-corrected chi connectivity index (χ1v) is 16.2. The van der Waals surface area contributed by atoms with Crippen molar-refractivity contribution in [1.29, 1.82) is 0 Å². The lowest BCUT2D eigenvalue weighted by atomic mass is 9.53. The van der Waals surface area contributed by atoms with Gasteiger partial charge in [0, 0.05) is 40.3 Å². The molecule has 2 amide bonds. The number of H-pyrrole nitrogens is 1. The number of hydrogen-bond donors (Lipinski definition) is 4. The number of halogens is 3. The maximum atomic E-state index is 16.1. The summed E-state index contributed by atoms with van der Waals surface area (Å²) >= 11 is 12.6. The molecule has 4 N–H and O–H groups in total. The summed E-state index contributed by atoms with van der Waals surface area (Å²) in [6, 6.07) is 5.72. The van der Waals surface area contributed by atoms with Crippen LogP contribution >= 0.6 is 23.2 Å². The second-order valence-electron chi connectivity index (χ2n) is 13.8. The van der Waals surface area contributed by atoms with Crippen molar-refractivity contribution >= 4 is 40.7 Å². The van der Waals surface area contributed by atoms with Gasteiger partial charge in [0.25, 0.3) is 0 Å². The fourth-order valence-electron chi connectivity index (χ4n) is 8.55. The highest BCUT2D eigenvalue weighted by molar-refractivity contribution is 6.31. The van der Waals surface area contributed by atoms with Crippen LogP contribution in [0.1, 0.15) is 94.0 Å². The van der Waals surface area contributed by atoms with Crippen molar-refractivity contribution in [3.63, 3.8) is 0 Å². The molecule has 4 heterocycles. The number of amides is 2. The van der Waals surface area contributed by atoms with Gasteiger partial charge in [-0.15, -0.1) is 0 Å². The van der Waals surface area contributed by atoms with Crippen molar-refractivity contribution in [3.05, 3.63) is 74.0 Å². The van der Waals surface area contributed by atoms with Gasteiger partial charge < -0.3 is 10.6 Å². The maximum absolute atomic E-state index is 16.1. The normalized spacial score (nSPS) is 29.9. The van der Waals surface area contributed by atoms with Crippen molar-refractivity contribution in [1.82, 2.24) is 25.8 Å². The number of carbonyl (C=O) groups excluding carboxylic acids is 2. The average Bonchev–Trinajstić information content (AvgIpc) is 3.65. The first-order valence-electron chi connectivity index (χ1n) is 15.5. The number of benzene rings is 1. The molecule has 238 valence electrons. The van der Waals surface area contributed by atoms with Crippen LogP contribution in [0, 0.1) is 11.2 Å². The minimum absolute atomic E-state index is 0.0256. The summed E-state index contributed by atoms with van der Waals surface area (Å²) in [6.07, 6.45) is 6.97. The van der Waals surface area contributed by atoms with Gasteiger partial charge >= 0.3 is 5.76 Å². The number of aromatic nitrogens is 3. The molecule has 4 aliphatic rings. The van der Waals surface area contributed by atoms with E-state index in [0.29, 0.717) is 60.6 Å². The summed E-state index contributed by atoms with van der Waals surface area (Å²) in [5, 5.41) is 14.0. The predicted molar refractivity (Wildman–Crippen MR) is 166 cm³/mol. The molecule has 2 aliphatic carbocycles. The van der Waals surface area contributed by atoms with E-state index in [9.17, 15) is 14.4 Å². The largest absolute Gasteiger partial charge is 0.438 e. The molecule has 1 aromatic carbocycles. The summed E-state index contributed by atoms with van der Waals surface area (Å²) < 4.78 is 20.8. The van der Waals surface area contributed by atoms with E-state index >= 15 is 4.39 Å². The lowest BCUT2D eigenvalue weighted by Gasteiger charge is -2.50. The number of nitrogens with one attached hydrogen (secondary N) is 4. The molecule has 13 heteroatoms. The zero-order valence-electron chi connectivity index (χ0n) is 25.0. The number of aromatic amines is 1. The SMILES string of the molecule is CC1(C)CCC2(CC1)N[C@@H](C(=O)N[C@H]1CC[C@H](c3noc(=O)[nH]3)CC1)[C@H](c1ccnc(Cl)c1F)[C@]21C(=O)Nc2cc(Cl)ccc21. The summed E-state index contributed by atoms with van der Waals surface area (Å²) in [7, 11) is 0. The van der Waals surface area contributed by atoms with E-state index in [1.165, 1.54) is 12.3 Å². The molecular weight excluding hydrogens is 622 g/mol. The third kappa shape index (κ3) is 4.80. The fourth-order valence-corrected chi connectivity index (χ4v) is 8.88. The minimum Gasteiger partial charge on any atom is -0.352 e. The Morgan fingerprint density at radius 2 is 1.80 bits per heavy atom. The molecule has 1 saturated heterocycles. The number of rotatable bonds is 4. The molecule has 3 aromatic rings. The second-order valence-corrected chi connectivity index (χ2v) is 14.6. The van der Waals surface area contributed by atoms with Crippen molar-refractivity contribution < 1.29 is 18.5 Å². The van der Waals surface area contributed by atoms with Gasteiger partial charge in [-0.1, -0.05) is 48.3 Å². The number of nitrogens with zero attached hydrogens (tertiary/aromatic N) is 2. The molecule has 2 saturated carbocycles. The van der Waals surface area contributed by atoms with Gasteiger partial charge in [0.2, 0.25) is 11.8 Å². The van der Waals surface area contributed by atoms with Crippen LogP contribution in [0.5, 0.6) is 0 Å². The first-order chi connectivity index (χ1) is 21.4. The lowest BCUT2D eigenvalue weighted by Crippen LogP contribution is -2.61. The van der Waals surface area contributed by atoms with Crippen LogP contribution in [0.2, 0.25) is 10.2 Å². The van der Waals surface area contributed by atoms with Crippen LogP contribution in [-0.2, 0) is 15.0 Å². The topological polar surface area (TPSA) is 142 Å². The predicted octanol–water partition coefficient (Wildman–Crippen LogP) is 5.33. The van der Waals surface area contributed by atoms with E-state index in [1.807, 2.05) is 6.07 Å². The van der Waals surface area contributed by atoms with Gasteiger partial charge in [0.05, 0.1) is 6.04 Å². The third-order valence-electron chi connectivity index (χ3n) is 10.9. The van der Waals surface area contributed by atoms with Gasteiger partial charge in [0.1, 0.15) is 5.41 Å². The number of hydrogen-bond acceptors (Lipinski definition) is 7. The Morgan fingerprint density at radius 1 is 1.07 bits per heavy atom. The molecule has 0 radical (unpaired) electrons. The molecule has 2 aliphatic heterocycles. The van der Waals surface area contributed by atoms with Crippen LogP contribution in [0.4, 0.5) is 10.1 Å². The molecule has 0 unspecified atom stereocenters. The van der Waals surface area contributed by atoms with E-state index in [0.717, 1.165) is 12.8 Å². The summed E-state index contributed by atoms with van der Waals surface area (Å²) in [5.74, 6) is -2.31. The molecule has 3 atom stereocenters. The highest BCUT2D eigenvalue weighted by Gasteiger charge is 2.73. The molecular formula is C32H35Cl2FN6O4. The maximum Gasteiger partial charge on any atom is 0.438 e. The Morgan fingerprint density at radius 3 is 2.49 bits per heavy atom. The molecule has 45 heavy (non-hydrogen) atoms. The van der Waals surface area contributed by atoms with Gasteiger partial charge in [-0.05, 0) is 86.1 Å². The Balaban J connectivity index is 1.30. The number of anilines is 1. The van der Waals surface area contributed by atoms with Crippen molar-refractivity contribution in [2.24, 2.45) is 5.41 Å². The number of fused-ring (bicyclic) bond motifs is 3. The van der Waals surface area contributed by atoms with E-state index in [-0.39, 0.29) is 39.9 Å². The van der Waals surface area contributed by atoms with Crippen molar-refractivity contribution in [3.8, 4) is 0 Å². The number of carbonyl (C=O) groups is 2. The average molecular weight is 658 g/mol. The molecule has 2 aromatic heterocycles. The van der Waals surface area contributed by atoms with Gasteiger partial charge in [-0.2, -0.15) is 0 Å². The van der Waals surface area contributed by atoms with Crippen LogP contribution in [0.25, 0.3) is 0 Å². The van der Waals surface area contributed by atoms with Crippen LogP contribution in [0.15, 0.2) is 39.8 Å². The Hall–Kier alpha value is -3.28. The third-order valence-corrected chi connectivity index (χ3v) is 11.4. The van der Waals surface area contributed by atoms with E-state index in [1.54, 1.807) is 12.1 Å². The molecule has 7 rings (SSSR count). The van der Waals surface area contributed by atoms with E-state index < -0.39 is 34.5 Å². The highest BCUT2D eigenvalue weighted by atomic mass is 35.5. The first kappa shape index (κ1) is 30.4. The van der Waals surface area contributed by atoms with Crippen LogP contribution < -0.4 is 21.7 Å². The van der Waals surface area contributed by atoms with Crippen molar-refractivity contribution in [2.75, 3.05) is 5.32 Å². The lowest BCUT2D eigenvalue weighted by molar-refractivity contribution is -0.125. The minimum atomic E-state index is -1.33. The smallest absolute Gasteiger partial charge is 0.352 e. The molecule has 2 spiro atoms. The Kier molecular flexibility index (Phi) is 7.37. The van der Waals surface area contributed by atoms with Gasteiger partial charge in [0.15, 0.2) is 16.8 Å². The molecule has 10 nitrogen and oxygen atoms in total. The number of pyridine rings is 1. The zero-order valence-corrected chi connectivity index (χ0v) is 26.5. The standard InChI is InChI=1S/C32H35Cl2FN6O4/c1-30(2)10-12-31(13-11-30)32(20-8-5-17(33)15-21(20)38-28(32)43)22(19-9-14-36-25(34)23(19)35)24(40-31)27(42)37-18-6-3-16(4-7-18)26-39-29(44)45-41-26/h5,8-9,14-16,18,22,24,40H,3-4,6-7,10-13H2,1-2H3,(H,37,42)(H,38,43)(H,39,41,44)/t16-,18-,22-,24+,32+/m0/s1. The van der Waals surface area contributed by atoms with Gasteiger partial charge in [-0.3, -0.25) is 24.4 Å². The van der Waals surface area contributed by atoms with Crippen LogP contribution in [0.3, 0.4) is 0 Å². The summed E-state index contributed by atoms with van der Waals surface area (Å²) in [6.45, 7) is 4.41. The Bertz CT molecular complexity index is 1720. The van der Waals surface area contributed by atoms with E-state index in [2.05, 4.69) is 49.4 Å². The van der Waals surface area contributed by atoms with Gasteiger partial charge in [-0.25, -0.2) is 14.2 Å². The van der Waals surface area contributed by atoms with Crippen molar-refractivity contribution in [2.45, 2.75) is 100 Å². The summed E-state index contributed by atoms with van der Waals surface area (Å²) in [5.41, 5.74) is -0.709. The van der Waals surface area contributed by atoms with E-state index in [4.69, 9.17) is 23.2 Å². The highest BCUT2D eigenvalue weighted by Crippen LogP contribution is 2.64. The molecule has 0 bridgehead atoms.